The van der Waals surface area contributed by atoms with E-state index in [0.29, 0.717) is 22.6 Å². The number of aryl methyl sites for hydroxylation is 1. The van der Waals surface area contributed by atoms with Crippen LogP contribution in [0, 0.1) is 6.92 Å². The Kier molecular flexibility index (Phi) is 7.88. The summed E-state index contributed by atoms with van der Waals surface area (Å²) in [5, 5.41) is 6.69. The summed E-state index contributed by atoms with van der Waals surface area (Å²) in [6.45, 7) is 1.99. The Morgan fingerprint density at radius 1 is 0.775 bits per heavy atom. The van der Waals surface area contributed by atoms with E-state index in [0.717, 1.165) is 22.0 Å². The van der Waals surface area contributed by atoms with Gasteiger partial charge in [-0.2, -0.15) is 0 Å². The minimum atomic E-state index is -0.371. The quantitative estimate of drug-likeness (QED) is 0.176. The first kappa shape index (κ1) is 26.3. The van der Waals surface area contributed by atoms with Gasteiger partial charge < -0.3 is 10.6 Å². The Bertz CT molecular complexity index is 1730. The largest absolute Gasteiger partial charge is 0.325 e. The van der Waals surface area contributed by atoms with Crippen molar-refractivity contribution in [3.63, 3.8) is 0 Å². The molecule has 0 saturated heterocycles. The van der Waals surface area contributed by atoms with Crippen molar-refractivity contribution in [2.45, 2.75) is 13.3 Å². The average Bonchev–Trinajstić information content (AvgIpc) is 2.98. The van der Waals surface area contributed by atoms with Crippen LogP contribution in [-0.2, 0) is 16.0 Å². The molecule has 2 N–H and O–H groups in total. The smallest absolute Gasteiger partial charge is 0.248 e. The SMILES string of the molecule is Cc1ccc(CC(=O)Nc2ccc(NC(=O)/C=C/c3ccc4ccccc4n3)cc2C(=O)c2ccccc2)cc1. The molecule has 5 aromatic rings. The summed E-state index contributed by atoms with van der Waals surface area (Å²) in [6.07, 6.45) is 3.20. The summed E-state index contributed by atoms with van der Waals surface area (Å²) in [5.41, 5.74) is 5.03. The fraction of sp³-hybridized carbons (Fsp3) is 0.0588. The van der Waals surface area contributed by atoms with Gasteiger partial charge in [0.05, 0.1) is 23.3 Å². The topological polar surface area (TPSA) is 88.2 Å². The van der Waals surface area contributed by atoms with Gasteiger partial charge in [0.2, 0.25) is 11.8 Å². The second-order valence-corrected chi connectivity index (χ2v) is 9.42. The van der Waals surface area contributed by atoms with Crippen LogP contribution in [-0.4, -0.2) is 22.6 Å². The molecule has 4 aromatic carbocycles. The molecule has 1 aromatic heterocycles. The van der Waals surface area contributed by atoms with Gasteiger partial charge in [0.15, 0.2) is 5.78 Å². The average molecular weight is 526 g/mol. The minimum Gasteiger partial charge on any atom is -0.325 e. The molecule has 0 saturated carbocycles. The summed E-state index contributed by atoms with van der Waals surface area (Å²) in [5.74, 6) is -0.879. The van der Waals surface area contributed by atoms with Crippen molar-refractivity contribution < 1.29 is 14.4 Å². The normalized spacial score (nSPS) is 10.9. The number of benzene rings is 4. The molecule has 0 atom stereocenters. The number of hydrogen-bond acceptors (Lipinski definition) is 4. The maximum Gasteiger partial charge on any atom is 0.248 e. The molecule has 0 unspecified atom stereocenters. The van der Waals surface area contributed by atoms with Crippen molar-refractivity contribution in [3.8, 4) is 0 Å². The predicted molar refractivity (Wildman–Crippen MR) is 159 cm³/mol. The Morgan fingerprint density at radius 3 is 2.33 bits per heavy atom. The molecule has 2 amide bonds. The number of hydrogen-bond donors (Lipinski definition) is 2. The third-order valence-corrected chi connectivity index (χ3v) is 6.35. The lowest BCUT2D eigenvalue weighted by atomic mass is 10.0. The predicted octanol–water partition coefficient (Wildman–Crippen LogP) is 6.61. The number of aromatic nitrogens is 1. The first-order chi connectivity index (χ1) is 19.4. The van der Waals surface area contributed by atoms with E-state index < -0.39 is 0 Å². The fourth-order valence-electron chi connectivity index (χ4n) is 4.27. The standard InChI is InChI=1S/C34H27N3O3/c1-23-11-13-24(14-12-23)21-33(39)37-31-19-17-28(22-29(31)34(40)26-8-3-2-4-9-26)36-32(38)20-18-27-16-15-25-7-5-6-10-30(25)35-27/h2-20,22H,21H2,1H3,(H,36,38)(H,37,39)/b20-18+. The Hall–Kier alpha value is -5.36. The zero-order chi connectivity index (χ0) is 27.9. The van der Waals surface area contributed by atoms with Crippen LogP contribution in [0.15, 0.2) is 115 Å². The summed E-state index contributed by atoms with van der Waals surface area (Å²) >= 11 is 0. The van der Waals surface area contributed by atoms with Crippen LogP contribution in [0.5, 0.6) is 0 Å². The van der Waals surface area contributed by atoms with Crippen LogP contribution in [0.1, 0.15) is 32.7 Å². The Balaban J connectivity index is 1.35. The number of para-hydroxylation sites is 1. The number of pyridine rings is 1. The molecule has 0 radical (unpaired) electrons. The van der Waals surface area contributed by atoms with Crippen LogP contribution in [0.4, 0.5) is 11.4 Å². The summed E-state index contributed by atoms with van der Waals surface area (Å²) in [7, 11) is 0. The molecular weight excluding hydrogens is 498 g/mol. The van der Waals surface area contributed by atoms with E-state index in [1.54, 1.807) is 48.5 Å². The van der Waals surface area contributed by atoms with Crippen molar-refractivity contribution in [1.29, 1.82) is 0 Å². The van der Waals surface area contributed by atoms with Gasteiger partial charge in [0, 0.05) is 28.3 Å². The van der Waals surface area contributed by atoms with Crippen LogP contribution < -0.4 is 10.6 Å². The molecule has 0 aliphatic carbocycles. The van der Waals surface area contributed by atoms with Crippen molar-refractivity contribution in [2.75, 3.05) is 10.6 Å². The second-order valence-electron chi connectivity index (χ2n) is 9.42. The zero-order valence-corrected chi connectivity index (χ0v) is 21.9. The molecule has 0 spiro atoms. The highest BCUT2D eigenvalue weighted by atomic mass is 16.2. The molecule has 40 heavy (non-hydrogen) atoms. The van der Waals surface area contributed by atoms with E-state index in [-0.39, 0.29) is 29.6 Å². The number of rotatable bonds is 8. The number of nitrogens with zero attached hydrogens (tertiary/aromatic N) is 1. The van der Waals surface area contributed by atoms with E-state index in [4.69, 9.17) is 0 Å². The lowest BCUT2D eigenvalue weighted by molar-refractivity contribution is -0.115. The molecule has 0 aliphatic heterocycles. The van der Waals surface area contributed by atoms with Gasteiger partial charge in [0.25, 0.3) is 0 Å². The number of fused-ring (bicyclic) bond motifs is 1. The molecule has 0 fully saturated rings. The van der Waals surface area contributed by atoms with Crippen molar-refractivity contribution in [1.82, 2.24) is 4.98 Å². The number of carbonyl (C=O) groups excluding carboxylic acids is 3. The highest BCUT2D eigenvalue weighted by Crippen LogP contribution is 2.24. The van der Waals surface area contributed by atoms with Gasteiger partial charge in [-0.3, -0.25) is 14.4 Å². The van der Waals surface area contributed by atoms with E-state index >= 15 is 0 Å². The number of nitrogens with one attached hydrogen (secondary N) is 2. The lowest BCUT2D eigenvalue weighted by Gasteiger charge is -2.13. The first-order valence-electron chi connectivity index (χ1n) is 12.9. The summed E-state index contributed by atoms with van der Waals surface area (Å²) in [6, 6.07) is 33.0. The van der Waals surface area contributed by atoms with E-state index in [2.05, 4.69) is 15.6 Å². The van der Waals surface area contributed by atoms with Crippen LogP contribution in [0.25, 0.3) is 17.0 Å². The van der Waals surface area contributed by atoms with Gasteiger partial charge in [0.1, 0.15) is 0 Å². The summed E-state index contributed by atoms with van der Waals surface area (Å²) in [4.78, 5) is 43.5. The molecule has 0 aliphatic rings. The molecule has 0 bridgehead atoms. The van der Waals surface area contributed by atoms with Gasteiger partial charge >= 0.3 is 0 Å². The van der Waals surface area contributed by atoms with Gasteiger partial charge in [-0.05, 0) is 48.9 Å². The summed E-state index contributed by atoms with van der Waals surface area (Å²) < 4.78 is 0. The molecule has 6 nitrogen and oxygen atoms in total. The fourth-order valence-corrected chi connectivity index (χ4v) is 4.27. The third-order valence-electron chi connectivity index (χ3n) is 6.35. The van der Waals surface area contributed by atoms with Crippen LogP contribution in [0.3, 0.4) is 0 Å². The van der Waals surface area contributed by atoms with Gasteiger partial charge in [-0.25, -0.2) is 4.98 Å². The monoisotopic (exact) mass is 525 g/mol. The van der Waals surface area contributed by atoms with Crippen molar-refractivity contribution in [3.05, 3.63) is 143 Å². The Morgan fingerprint density at radius 2 is 1.52 bits per heavy atom. The number of amides is 2. The highest BCUT2D eigenvalue weighted by Gasteiger charge is 2.17. The second kappa shape index (κ2) is 12.0. The minimum absolute atomic E-state index is 0.172. The van der Waals surface area contributed by atoms with E-state index in [9.17, 15) is 14.4 Å². The number of carbonyl (C=O) groups is 3. The maximum atomic E-state index is 13.4. The van der Waals surface area contributed by atoms with Gasteiger partial charge in [-0.15, -0.1) is 0 Å². The Labute approximate surface area is 232 Å². The molecule has 196 valence electrons. The third kappa shape index (κ3) is 6.55. The molecule has 5 rings (SSSR count). The molecular formula is C34H27N3O3. The molecule has 6 heteroatoms. The lowest BCUT2D eigenvalue weighted by Crippen LogP contribution is -2.18. The number of anilines is 2. The van der Waals surface area contributed by atoms with Crippen LogP contribution in [0.2, 0.25) is 0 Å². The maximum absolute atomic E-state index is 13.4. The molecule has 1 heterocycles. The first-order valence-corrected chi connectivity index (χ1v) is 12.9. The number of ketones is 1. The van der Waals surface area contributed by atoms with E-state index in [1.165, 1.54) is 6.08 Å². The van der Waals surface area contributed by atoms with Gasteiger partial charge in [-0.1, -0.05) is 84.4 Å². The zero-order valence-electron chi connectivity index (χ0n) is 21.9. The van der Waals surface area contributed by atoms with E-state index in [1.807, 2.05) is 73.7 Å². The van der Waals surface area contributed by atoms with Crippen LogP contribution >= 0.6 is 0 Å². The highest BCUT2D eigenvalue weighted by molar-refractivity contribution is 6.15. The van der Waals surface area contributed by atoms with Crippen molar-refractivity contribution in [2.24, 2.45) is 0 Å². The van der Waals surface area contributed by atoms with Crippen molar-refractivity contribution >= 4 is 46.0 Å².